The molecule has 1 aliphatic heterocycles. The van der Waals surface area contributed by atoms with Crippen LogP contribution in [0, 0.1) is 35.5 Å². The first-order valence-electron chi connectivity index (χ1n) is 8.28. The fraction of sp³-hybridized carbons (Fsp3) is 0.474. The quantitative estimate of drug-likeness (QED) is 0.621. The van der Waals surface area contributed by atoms with E-state index in [9.17, 15) is 9.59 Å². The zero-order chi connectivity index (χ0) is 15.0. The Labute approximate surface area is 130 Å². The summed E-state index contributed by atoms with van der Waals surface area (Å²) in [5, 5.41) is 0. The maximum atomic E-state index is 13.0. The van der Waals surface area contributed by atoms with Crippen molar-refractivity contribution in [3.63, 3.8) is 0 Å². The van der Waals surface area contributed by atoms with Crippen molar-refractivity contribution in [1.29, 1.82) is 0 Å². The van der Waals surface area contributed by atoms with Gasteiger partial charge in [-0.2, -0.15) is 0 Å². The summed E-state index contributed by atoms with van der Waals surface area (Å²) in [7, 11) is 0. The molecule has 5 aliphatic rings. The molecule has 2 bridgehead atoms. The van der Waals surface area contributed by atoms with Crippen LogP contribution in [-0.4, -0.2) is 16.7 Å². The van der Waals surface area contributed by atoms with Crippen molar-refractivity contribution in [2.24, 2.45) is 35.5 Å². The molecule has 0 radical (unpaired) electrons. The Morgan fingerprint density at radius 2 is 1.50 bits per heavy atom. The van der Waals surface area contributed by atoms with E-state index < -0.39 is 0 Å². The second-order valence-electron chi connectivity index (χ2n) is 7.29. The van der Waals surface area contributed by atoms with E-state index in [1.807, 2.05) is 37.3 Å². The number of nitrogens with zero attached hydrogens (tertiary/aromatic N) is 1. The first-order valence-corrected chi connectivity index (χ1v) is 8.28. The van der Waals surface area contributed by atoms with Crippen LogP contribution in [0.1, 0.15) is 24.9 Å². The van der Waals surface area contributed by atoms with Crippen LogP contribution in [0.4, 0.5) is 0 Å². The van der Waals surface area contributed by atoms with Crippen molar-refractivity contribution in [3.8, 4) is 0 Å². The second kappa shape index (κ2) is 4.09. The topological polar surface area (TPSA) is 37.4 Å². The standard InChI is InChI=1S/C19H19NO2/c1-10(11-5-3-2-4-6-11)20-18(21)16-12-7-8-13(15-9-14(12)15)17(16)19(20)22/h2-8,10,12-17H,9H2,1H3/t10-,12-,13+,14+,15-,16+,17-/m0/s1. The Balaban J connectivity index is 1.52. The van der Waals surface area contributed by atoms with E-state index >= 15 is 0 Å². The molecule has 3 fully saturated rings. The van der Waals surface area contributed by atoms with Gasteiger partial charge in [0.25, 0.3) is 0 Å². The first-order chi connectivity index (χ1) is 10.7. The molecule has 112 valence electrons. The van der Waals surface area contributed by atoms with Crippen molar-refractivity contribution < 1.29 is 9.59 Å². The van der Waals surface area contributed by atoms with E-state index in [1.165, 1.54) is 6.42 Å². The zero-order valence-electron chi connectivity index (χ0n) is 12.6. The molecule has 0 spiro atoms. The maximum absolute atomic E-state index is 13.0. The average Bonchev–Trinajstić information content (AvgIpc) is 3.32. The lowest BCUT2D eigenvalue weighted by Gasteiger charge is -2.37. The van der Waals surface area contributed by atoms with E-state index in [0.29, 0.717) is 23.7 Å². The van der Waals surface area contributed by atoms with Crippen LogP contribution in [-0.2, 0) is 9.59 Å². The summed E-state index contributed by atoms with van der Waals surface area (Å²) in [5.41, 5.74) is 1.04. The minimum Gasteiger partial charge on any atom is -0.275 e. The number of rotatable bonds is 2. The van der Waals surface area contributed by atoms with Gasteiger partial charge in [0.15, 0.2) is 0 Å². The van der Waals surface area contributed by atoms with E-state index in [0.717, 1.165) is 5.56 Å². The third-order valence-electron chi connectivity index (χ3n) is 6.37. The largest absolute Gasteiger partial charge is 0.275 e. The summed E-state index contributed by atoms with van der Waals surface area (Å²) < 4.78 is 0. The Hall–Kier alpha value is -1.90. The van der Waals surface area contributed by atoms with Crippen LogP contribution >= 0.6 is 0 Å². The van der Waals surface area contributed by atoms with Gasteiger partial charge in [-0.1, -0.05) is 42.5 Å². The highest BCUT2D eigenvalue weighted by atomic mass is 16.2. The molecule has 1 aromatic carbocycles. The second-order valence-corrected chi connectivity index (χ2v) is 7.29. The van der Waals surface area contributed by atoms with Crippen molar-refractivity contribution in [3.05, 3.63) is 48.0 Å². The van der Waals surface area contributed by atoms with E-state index in [-0.39, 0.29) is 29.7 Å². The first kappa shape index (κ1) is 12.6. The number of likely N-dealkylation sites (tertiary alicyclic amines) is 1. The molecule has 1 heterocycles. The molecule has 6 rings (SSSR count). The summed E-state index contributed by atoms with van der Waals surface area (Å²) >= 11 is 0. The number of carbonyl (C=O) groups is 2. The van der Waals surface area contributed by atoms with E-state index in [1.54, 1.807) is 4.90 Å². The molecule has 0 N–H and O–H groups in total. The number of hydrogen-bond acceptors (Lipinski definition) is 2. The summed E-state index contributed by atoms with van der Waals surface area (Å²) in [6, 6.07) is 9.72. The normalized spacial score (nSPS) is 42.3. The minimum absolute atomic E-state index is 0.0658. The molecular weight excluding hydrogens is 274 g/mol. The summed E-state index contributed by atoms with van der Waals surface area (Å²) in [6.07, 6.45) is 5.66. The molecule has 4 aliphatic carbocycles. The predicted molar refractivity (Wildman–Crippen MR) is 81.4 cm³/mol. The summed E-state index contributed by atoms with van der Waals surface area (Å²) in [4.78, 5) is 27.5. The van der Waals surface area contributed by atoms with Crippen LogP contribution in [0.3, 0.4) is 0 Å². The van der Waals surface area contributed by atoms with Gasteiger partial charge in [-0.25, -0.2) is 0 Å². The zero-order valence-corrected chi connectivity index (χ0v) is 12.6. The number of benzene rings is 1. The van der Waals surface area contributed by atoms with Crippen molar-refractivity contribution in [2.75, 3.05) is 0 Å². The minimum atomic E-state index is -0.164. The number of allylic oxidation sites excluding steroid dienone is 2. The van der Waals surface area contributed by atoms with Gasteiger partial charge in [0.05, 0.1) is 17.9 Å². The Morgan fingerprint density at radius 3 is 2.05 bits per heavy atom. The van der Waals surface area contributed by atoms with Crippen molar-refractivity contribution in [1.82, 2.24) is 4.90 Å². The molecule has 0 unspecified atom stereocenters. The average molecular weight is 293 g/mol. The molecule has 1 saturated heterocycles. The molecule has 1 aromatic rings. The Kier molecular flexibility index (Phi) is 2.35. The summed E-state index contributed by atoms with van der Waals surface area (Å²) in [6.45, 7) is 1.97. The highest BCUT2D eigenvalue weighted by molar-refractivity contribution is 6.06. The fourth-order valence-corrected chi connectivity index (χ4v) is 5.24. The van der Waals surface area contributed by atoms with Gasteiger partial charge in [0, 0.05) is 0 Å². The highest BCUT2D eigenvalue weighted by Crippen LogP contribution is 2.65. The van der Waals surface area contributed by atoms with Gasteiger partial charge in [-0.15, -0.1) is 0 Å². The summed E-state index contributed by atoms with van der Waals surface area (Å²) in [5.74, 6) is 1.91. The van der Waals surface area contributed by atoms with E-state index in [4.69, 9.17) is 0 Å². The van der Waals surface area contributed by atoms with Crippen molar-refractivity contribution in [2.45, 2.75) is 19.4 Å². The van der Waals surface area contributed by atoms with Crippen LogP contribution in [0.25, 0.3) is 0 Å². The smallest absolute Gasteiger partial charge is 0.234 e. The molecule has 7 atom stereocenters. The van der Waals surface area contributed by atoms with E-state index in [2.05, 4.69) is 12.2 Å². The third kappa shape index (κ3) is 1.42. The predicted octanol–water partition coefficient (Wildman–Crippen LogP) is 2.80. The lowest BCUT2D eigenvalue weighted by Crippen LogP contribution is -2.40. The molecule has 3 nitrogen and oxygen atoms in total. The Morgan fingerprint density at radius 1 is 0.955 bits per heavy atom. The van der Waals surface area contributed by atoms with Gasteiger partial charge in [0.1, 0.15) is 0 Å². The van der Waals surface area contributed by atoms with Crippen LogP contribution < -0.4 is 0 Å². The number of imide groups is 1. The molecule has 22 heavy (non-hydrogen) atoms. The Bertz CT molecular complexity index is 659. The lowest BCUT2D eigenvalue weighted by atomic mass is 9.63. The van der Waals surface area contributed by atoms with Gasteiger partial charge in [-0.05, 0) is 42.6 Å². The van der Waals surface area contributed by atoms with Gasteiger partial charge < -0.3 is 0 Å². The monoisotopic (exact) mass is 293 g/mol. The molecule has 0 aromatic heterocycles. The third-order valence-corrected chi connectivity index (χ3v) is 6.37. The lowest BCUT2D eigenvalue weighted by molar-refractivity contribution is -0.142. The number of carbonyl (C=O) groups excluding carboxylic acids is 2. The highest BCUT2D eigenvalue weighted by Gasteiger charge is 2.67. The van der Waals surface area contributed by atoms with Gasteiger partial charge in [0.2, 0.25) is 11.8 Å². The SMILES string of the molecule is C[C@@H](c1ccccc1)N1C(=O)[C@@H]2[C@H]3C=C[C@H]([C@@H]4C[C@H]34)[C@@H]2C1=O. The van der Waals surface area contributed by atoms with Crippen LogP contribution in [0.15, 0.2) is 42.5 Å². The van der Waals surface area contributed by atoms with Crippen LogP contribution in [0.5, 0.6) is 0 Å². The van der Waals surface area contributed by atoms with Crippen molar-refractivity contribution >= 4 is 11.8 Å². The number of hydrogen-bond donors (Lipinski definition) is 0. The number of amides is 2. The molecule has 3 heteroatoms. The molecule has 2 amide bonds. The van der Waals surface area contributed by atoms with Gasteiger partial charge >= 0.3 is 0 Å². The van der Waals surface area contributed by atoms with Gasteiger partial charge in [-0.3, -0.25) is 14.5 Å². The fourth-order valence-electron chi connectivity index (χ4n) is 5.24. The molecule has 2 saturated carbocycles. The maximum Gasteiger partial charge on any atom is 0.234 e. The molecular formula is C19H19NO2. The van der Waals surface area contributed by atoms with Crippen LogP contribution in [0.2, 0.25) is 0 Å².